The second-order valence-corrected chi connectivity index (χ2v) is 8.32. The van der Waals surface area contributed by atoms with Crippen LogP contribution in [0.5, 0.6) is 0 Å². The van der Waals surface area contributed by atoms with Gasteiger partial charge in [0.1, 0.15) is 5.60 Å². The van der Waals surface area contributed by atoms with Gasteiger partial charge in [0.05, 0.1) is 0 Å². The number of amides is 1. The summed E-state index contributed by atoms with van der Waals surface area (Å²) in [5.41, 5.74) is -0.386. The standard InChI is InChI=1S/C18H34N2O3/c1-17(2,3)23-16(22)20-11-7-4-8-15(20)12-19-13-18(14-21)9-5-6-10-18/h15,19,21H,4-14H2,1-3H3. The van der Waals surface area contributed by atoms with Crippen LogP contribution in [-0.2, 0) is 4.74 Å². The first-order chi connectivity index (χ1) is 10.9. The molecule has 0 bridgehead atoms. The van der Waals surface area contributed by atoms with Crippen molar-refractivity contribution in [1.82, 2.24) is 10.2 Å². The van der Waals surface area contributed by atoms with Crippen LogP contribution < -0.4 is 5.32 Å². The highest BCUT2D eigenvalue weighted by molar-refractivity contribution is 5.68. The topological polar surface area (TPSA) is 61.8 Å². The Morgan fingerprint density at radius 2 is 1.96 bits per heavy atom. The van der Waals surface area contributed by atoms with Crippen molar-refractivity contribution in [2.45, 2.75) is 77.4 Å². The van der Waals surface area contributed by atoms with Crippen molar-refractivity contribution in [3.63, 3.8) is 0 Å². The number of carbonyl (C=O) groups is 1. The van der Waals surface area contributed by atoms with E-state index in [2.05, 4.69) is 5.32 Å². The Morgan fingerprint density at radius 1 is 1.26 bits per heavy atom. The van der Waals surface area contributed by atoms with E-state index in [1.165, 1.54) is 12.8 Å². The molecule has 1 saturated heterocycles. The van der Waals surface area contributed by atoms with Crippen molar-refractivity contribution in [3.05, 3.63) is 0 Å². The molecule has 2 rings (SSSR count). The zero-order chi connectivity index (χ0) is 16.9. The van der Waals surface area contributed by atoms with Gasteiger partial charge in [-0.1, -0.05) is 12.8 Å². The third-order valence-electron chi connectivity index (χ3n) is 5.13. The molecule has 23 heavy (non-hydrogen) atoms. The third kappa shape index (κ3) is 5.35. The molecule has 5 nitrogen and oxygen atoms in total. The summed E-state index contributed by atoms with van der Waals surface area (Å²) < 4.78 is 5.55. The molecule has 1 atom stereocenters. The van der Waals surface area contributed by atoms with Gasteiger partial charge in [-0.15, -0.1) is 0 Å². The predicted molar refractivity (Wildman–Crippen MR) is 91.4 cm³/mol. The molecule has 2 aliphatic rings. The molecule has 0 spiro atoms. The number of nitrogens with zero attached hydrogens (tertiary/aromatic N) is 1. The molecule has 2 N–H and O–H groups in total. The molecule has 1 amide bonds. The van der Waals surface area contributed by atoms with Gasteiger partial charge in [0.25, 0.3) is 0 Å². The molecular formula is C18H34N2O3. The van der Waals surface area contributed by atoms with Crippen molar-refractivity contribution in [2.75, 3.05) is 26.2 Å². The average Bonchev–Trinajstić information content (AvgIpc) is 2.95. The maximum atomic E-state index is 12.4. The number of nitrogens with one attached hydrogen (secondary N) is 1. The van der Waals surface area contributed by atoms with Crippen LogP contribution in [0.4, 0.5) is 4.79 Å². The Labute approximate surface area is 140 Å². The smallest absolute Gasteiger partial charge is 0.410 e. The van der Waals surface area contributed by atoms with Crippen LogP contribution in [0.15, 0.2) is 0 Å². The van der Waals surface area contributed by atoms with E-state index in [0.717, 1.165) is 51.7 Å². The van der Waals surface area contributed by atoms with Crippen LogP contribution in [0, 0.1) is 5.41 Å². The molecule has 0 aromatic heterocycles. The van der Waals surface area contributed by atoms with E-state index in [1.807, 2.05) is 25.7 Å². The molecule has 134 valence electrons. The summed E-state index contributed by atoms with van der Waals surface area (Å²) in [4.78, 5) is 14.3. The lowest BCUT2D eigenvalue weighted by Gasteiger charge is -2.37. The van der Waals surface area contributed by atoms with Crippen LogP contribution in [0.25, 0.3) is 0 Å². The number of hydrogen-bond acceptors (Lipinski definition) is 4. The van der Waals surface area contributed by atoms with Crippen LogP contribution in [0.3, 0.4) is 0 Å². The zero-order valence-electron chi connectivity index (χ0n) is 15.1. The first kappa shape index (κ1) is 18.5. The molecule has 0 aromatic rings. The minimum atomic E-state index is -0.447. The molecule has 5 heteroatoms. The van der Waals surface area contributed by atoms with E-state index in [1.54, 1.807) is 0 Å². The summed E-state index contributed by atoms with van der Waals surface area (Å²) in [7, 11) is 0. The van der Waals surface area contributed by atoms with Gasteiger partial charge in [-0.25, -0.2) is 4.79 Å². The highest BCUT2D eigenvalue weighted by Gasteiger charge is 2.34. The van der Waals surface area contributed by atoms with Gasteiger partial charge in [-0.3, -0.25) is 0 Å². The van der Waals surface area contributed by atoms with Crippen molar-refractivity contribution in [2.24, 2.45) is 5.41 Å². The van der Waals surface area contributed by atoms with Gasteiger partial charge in [-0.05, 0) is 52.9 Å². The van der Waals surface area contributed by atoms with Crippen molar-refractivity contribution in [3.8, 4) is 0 Å². The van der Waals surface area contributed by atoms with Gasteiger partial charge < -0.3 is 20.1 Å². The van der Waals surface area contributed by atoms with E-state index in [0.29, 0.717) is 0 Å². The fourth-order valence-electron chi connectivity index (χ4n) is 3.79. The monoisotopic (exact) mass is 326 g/mol. The summed E-state index contributed by atoms with van der Waals surface area (Å²) in [6.07, 6.45) is 7.70. The first-order valence-electron chi connectivity index (χ1n) is 9.16. The lowest BCUT2D eigenvalue weighted by atomic mass is 9.87. The minimum absolute atomic E-state index is 0.0609. The Hall–Kier alpha value is -0.810. The molecular weight excluding hydrogens is 292 g/mol. The molecule has 1 unspecified atom stereocenters. The van der Waals surface area contributed by atoms with Gasteiger partial charge in [0.2, 0.25) is 0 Å². The highest BCUT2D eigenvalue weighted by Crippen LogP contribution is 2.36. The normalized spacial score (nSPS) is 24.7. The number of ether oxygens (including phenoxy) is 1. The van der Waals surface area contributed by atoms with Crippen LogP contribution >= 0.6 is 0 Å². The molecule has 1 saturated carbocycles. The summed E-state index contributed by atoms with van der Waals surface area (Å²) >= 11 is 0. The molecule has 0 radical (unpaired) electrons. The number of aliphatic hydroxyl groups excluding tert-OH is 1. The Kier molecular flexibility index (Phi) is 6.32. The lowest BCUT2D eigenvalue weighted by Crippen LogP contribution is -2.51. The minimum Gasteiger partial charge on any atom is -0.444 e. The molecule has 1 aliphatic carbocycles. The largest absolute Gasteiger partial charge is 0.444 e. The summed E-state index contributed by atoms with van der Waals surface area (Å²) in [6, 6.07) is 0.204. The second kappa shape index (κ2) is 7.84. The van der Waals surface area contributed by atoms with Crippen LogP contribution in [0.2, 0.25) is 0 Å². The SMILES string of the molecule is CC(C)(C)OC(=O)N1CCCCC1CNCC1(CO)CCCC1. The Morgan fingerprint density at radius 3 is 2.57 bits per heavy atom. The maximum absolute atomic E-state index is 12.4. The van der Waals surface area contributed by atoms with Gasteiger partial charge in [0, 0.05) is 37.7 Å². The van der Waals surface area contributed by atoms with E-state index < -0.39 is 5.60 Å². The quantitative estimate of drug-likeness (QED) is 0.815. The van der Waals surface area contributed by atoms with Crippen LogP contribution in [0.1, 0.15) is 65.7 Å². The summed E-state index contributed by atoms with van der Waals surface area (Å²) in [5.74, 6) is 0. The number of hydrogen-bond donors (Lipinski definition) is 2. The number of aliphatic hydroxyl groups is 1. The van der Waals surface area contributed by atoms with E-state index in [9.17, 15) is 9.90 Å². The number of piperidine rings is 1. The van der Waals surface area contributed by atoms with Gasteiger partial charge >= 0.3 is 6.09 Å². The number of likely N-dealkylation sites (tertiary alicyclic amines) is 1. The van der Waals surface area contributed by atoms with E-state index in [-0.39, 0.29) is 24.2 Å². The van der Waals surface area contributed by atoms with Crippen LogP contribution in [-0.4, -0.2) is 54.0 Å². The molecule has 1 aliphatic heterocycles. The van der Waals surface area contributed by atoms with Crippen molar-refractivity contribution < 1.29 is 14.6 Å². The molecule has 0 aromatic carbocycles. The molecule has 2 fully saturated rings. The maximum Gasteiger partial charge on any atom is 0.410 e. The Bertz CT molecular complexity index is 386. The lowest BCUT2D eigenvalue weighted by molar-refractivity contribution is 0.00941. The van der Waals surface area contributed by atoms with Gasteiger partial charge in [0.15, 0.2) is 0 Å². The second-order valence-electron chi connectivity index (χ2n) is 8.32. The molecule has 1 heterocycles. The zero-order valence-corrected chi connectivity index (χ0v) is 15.1. The van der Waals surface area contributed by atoms with Crippen molar-refractivity contribution in [1.29, 1.82) is 0 Å². The Balaban J connectivity index is 1.85. The van der Waals surface area contributed by atoms with E-state index in [4.69, 9.17) is 4.74 Å². The summed E-state index contributed by atoms with van der Waals surface area (Å²) in [6.45, 7) is 8.42. The third-order valence-corrected chi connectivity index (χ3v) is 5.13. The summed E-state index contributed by atoms with van der Waals surface area (Å²) in [5, 5.41) is 13.2. The van der Waals surface area contributed by atoms with Crippen molar-refractivity contribution >= 4 is 6.09 Å². The number of carbonyl (C=O) groups excluding carboxylic acids is 1. The van der Waals surface area contributed by atoms with E-state index >= 15 is 0 Å². The average molecular weight is 326 g/mol. The highest BCUT2D eigenvalue weighted by atomic mass is 16.6. The fourth-order valence-corrected chi connectivity index (χ4v) is 3.79. The first-order valence-corrected chi connectivity index (χ1v) is 9.16. The predicted octanol–water partition coefficient (Wildman–Crippen LogP) is 2.92. The van der Waals surface area contributed by atoms with Gasteiger partial charge in [-0.2, -0.15) is 0 Å². The fraction of sp³-hybridized carbons (Fsp3) is 0.944. The number of rotatable bonds is 5.